The highest BCUT2D eigenvalue weighted by Gasteiger charge is 2.44. The van der Waals surface area contributed by atoms with Crippen molar-refractivity contribution in [1.82, 2.24) is 4.90 Å². The van der Waals surface area contributed by atoms with Gasteiger partial charge in [-0.05, 0) is 56.0 Å². The average Bonchev–Trinajstić information content (AvgIpc) is 2.92. The minimum Gasteiger partial charge on any atom is -0.465 e. The van der Waals surface area contributed by atoms with E-state index in [-0.39, 0.29) is 17.8 Å². The molecule has 0 bridgehead atoms. The van der Waals surface area contributed by atoms with E-state index in [0.717, 1.165) is 43.5 Å². The highest BCUT2D eigenvalue weighted by Crippen LogP contribution is 2.43. The van der Waals surface area contributed by atoms with Gasteiger partial charge in [0, 0.05) is 31.7 Å². The Bertz CT molecular complexity index is 1230. The van der Waals surface area contributed by atoms with Gasteiger partial charge in [0.1, 0.15) is 5.66 Å². The Balaban J connectivity index is 1.48. The van der Waals surface area contributed by atoms with E-state index in [1.165, 1.54) is 7.11 Å². The van der Waals surface area contributed by atoms with Crippen LogP contribution in [0, 0.1) is 0 Å². The molecule has 0 radical (unpaired) electrons. The Labute approximate surface area is 216 Å². The van der Waals surface area contributed by atoms with Crippen molar-refractivity contribution in [3.05, 3.63) is 59.7 Å². The maximum Gasteiger partial charge on any atom is 0.337 e. The lowest BCUT2D eigenvalue weighted by Gasteiger charge is -2.47. The summed E-state index contributed by atoms with van der Waals surface area (Å²) in [5.41, 5.74) is 14.7. The molecule has 2 heterocycles. The highest BCUT2D eigenvalue weighted by atomic mass is 16.5. The van der Waals surface area contributed by atoms with Crippen molar-refractivity contribution in [1.29, 1.82) is 0 Å². The molecule has 2 aliphatic heterocycles. The number of guanidine groups is 2. The number of ether oxygens (including phenoxy) is 1. The first kappa shape index (κ1) is 24.6. The predicted octanol–water partition coefficient (Wildman–Crippen LogP) is 2.55. The molecule has 2 aromatic carbocycles. The van der Waals surface area contributed by atoms with Crippen molar-refractivity contribution in [2.75, 3.05) is 43.1 Å². The molecule has 0 aromatic heterocycles. The van der Waals surface area contributed by atoms with Crippen LogP contribution in [0.2, 0.25) is 0 Å². The lowest BCUT2D eigenvalue weighted by molar-refractivity contribution is 0.0600. The van der Waals surface area contributed by atoms with Crippen LogP contribution in [-0.2, 0) is 4.74 Å². The number of amides is 1. The molecule has 1 spiro atoms. The number of nitrogens with zero attached hydrogens (tertiary/aromatic N) is 5. The number of methoxy groups -OCH3 is 1. The first-order valence-corrected chi connectivity index (χ1v) is 12.7. The molecule has 1 saturated carbocycles. The number of piperazine rings is 1. The molecule has 5 rings (SSSR count). The first-order chi connectivity index (χ1) is 17.9. The van der Waals surface area contributed by atoms with Gasteiger partial charge in [-0.1, -0.05) is 24.6 Å². The third-order valence-electron chi connectivity index (χ3n) is 7.42. The lowest BCUT2D eigenvalue weighted by atomic mass is 9.87. The van der Waals surface area contributed by atoms with Crippen molar-refractivity contribution >= 4 is 35.2 Å². The molecule has 1 amide bonds. The summed E-state index contributed by atoms with van der Waals surface area (Å²) in [6.07, 6.45) is 4.67. The number of aliphatic imine (C=N–C) groups is 2. The van der Waals surface area contributed by atoms with Crippen LogP contribution in [0.3, 0.4) is 0 Å². The summed E-state index contributed by atoms with van der Waals surface area (Å²) in [6, 6.07) is 14.8. The highest BCUT2D eigenvalue weighted by molar-refractivity contribution is 6.08. The molecule has 1 aliphatic carbocycles. The topological polar surface area (TPSA) is 130 Å². The van der Waals surface area contributed by atoms with Crippen LogP contribution in [0.1, 0.15) is 52.8 Å². The van der Waals surface area contributed by atoms with Crippen LogP contribution in [-0.4, -0.2) is 67.6 Å². The Kier molecular flexibility index (Phi) is 6.73. The van der Waals surface area contributed by atoms with E-state index in [2.05, 4.69) is 9.89 Å². The van der Waals surface area contributed by atoms with E-state index < -0.39 is 11.6 Å². The Morgan fingerprint density at radius 2 is 1.59 bits per heavy atom. The molecule has 4 N–H and O–H groups in total. The molecule has 0 atom stereocenters. The van der Waals surface area contributed by atoms with Gasteiger partial charge in [-0.2, -0.15) is 4.99 Å². The SMILES string of the molecule is COC(=O)c1ccc(N2CCN(C(=O)c3ccccc3)CC2)c(N2C(N)=NC(N)=NC23CCCCC3)c1. The number of esters is 1. The molecule has 10 heteroatoms. The van der Waals surface area contributed by atoms with Gasteiger partial charge in [-0.25, -0.2) is 9.79 Å². The van der Waals surface area contributed by atoms with Crippen molar-refractivity contribution in [2.24, 2.45) is 21.5 Å². The number of anilines is 2. The molecule has 2 aromatic rings. The number of nitrogens with two attached hydrogens (primary N) is 2. The minimum atomic E-state index is -0.650. The van der Waals surface area contributed by atoms with Gasteiger partial charge in [0.15, 0.2) is 0 Å². The van der Waals surface area contributed by atoms with Gasteiger partial charge in [-0.3, -0.25) is 9.69 Å². The van der Waals surface area contributed by atoms with Crippen LogP contribution in [0.25, 0.3) is 0 Å². The van der Waals surface area contributed by atoms with E-state index in [0.29, 0.717) is 37.3 Å². The third-order valence-corrected chi connectivity index (χ3v) is 7.42. The van der Waals surface area contributed by atoms with Crippen molar-refractivity contribution in [3.8, 4) is 0 Å². The minimum absolute atomic E-state index is 0.0277. The number of rotatable bonds is 4. The van der Waals surface area contributed by atoms with Crippen LogP contribution < -0.4 is 21.3 Å². The van der Waals surface area contributed by atoms with Crippen molar-refractivity contribution in [2.45, 2.75) is 37.8 Å². The first-order valence-electron chi connectivity index (χ1n) is 12.7. The number of benzene rings is 2. The number of hydrogen-bond donors (Lipinski definition) is 2. The van der Waals surface area contributed by atoms with Crippen molar-refractivity contribution < 1.29 is 14.3 Å². The Morgan fingerprint density at radius 3 is 2.27 bits per heavy atom. The maximum absolute atomic E-state index is 13.0. The largest absolute Gasteiger partial charge is 0.465 e. The summed E-state index contributed by atoms with van der Waals surface area (Å²) in [5, 5.41) is 0. The summed E-state index contributed by atoms with van der Waals surface area (Å²) >= 11 is 0. The standard InChI is InChI=1S/C27H33N7O3/c1-37-24(36)20-10-11-21(32-14-16-33(17-15-32)23(35)19-8-4-2-5-9-19)22(18-20)34-26(29)30-25(28)31-27(34)12-6-3-7-13-27/h2,4-5,8-11,18H,3,6-7,12-17H2,1H3,(H4,28,29,30,31). The third kappa shape index (κ3) is 4.71. The summed E-state index contributed by atoms with van der Waals surface area (Å²) in [4.78, 5) is 40.6. The second kappa shape index (κ2) is 10.1. The Hall–Kier alpha value is -4.08. The summed E-state index contributed by atoms with van der Waals surface area (Å²) in [5.74, 6) is 0.0316. The van der Waals surface area contributed by atoms with Crippen LogP contribution in [0.15, 0.2) is 58.5 Å². The van der Waals surface area contributed by atoms with E-state index in [1.54, 1.807) is 12.1 Å². The van der Waals surface area contributed by atoms with E-state index >= 15 is 0 Å². The smallest absolute Gasteiger partial charge is 0.337 e. The predicted molar refractivity (Wildman–Crippen MR) is 144 cm³/mol. The molecule has 3 aliphatic rings. The summed E-state index contributed by atoms with van der Waals surface area (Å²) < 4.78 is 5.00. The van der Waals surface area contributed by atoms with Crippen LogP contribution in [0.4, 0.5) is 11.4 Å². The van der Waals surface area contributed by atoms with Crippen LogP contribution >= 0.6 is 0 Å². The molecule has 0 unspecified atom stereocenters. The fourth-order valence-electron chi connectivity index (χ4n) is 5.60. The second-order valence-corrected chi connectivity index (χ2v) is 9.66. The summed E-state index contributed by atoms with van der Waals surface area (Å²) in [6.45, 7) is 2.41. The van der Waals surface area contributed by atoms with Gasteiger partial charge in [-0.15, -0.1) is 0 Å². The number of carbonyl (C=O) groups excluding carboxylic acids is 2. The van der Waals surface area contributed by atoms with Crippen LogP contribution in [0.5, 0.6) is 0 Å². The second-order valence-electron chi connectivity index (χ2n) is 9.66. The van der Waals surface area contributed by atoms with Gasteiger partial charge in [0.05, 0.1) is 24.0 Å². The molecular weight excluding hydrogens is 470 g/mol. The monoisotopic (exact) mass is 503 g/mol. The van der Waals surface area contributed by atoms with Gasteiger partial charge in [0.25, 0.3) is 5.91 Å². The van der Waals surface area contributed by atoms with E-state index in [4.69, 9.17) is 21.2 Å². The fourth-order valence-corrected chi connectivity index (χ4v) is 5.60. The fraction of sp³-hybridized carbons (Fsp3) is 0.407. The van der Waals surface area contributed by atoms with Gasteiger partial charge >= 0.3 is 5.97 Å². The molecule has 194 valence electrons. The van der Waals surface area contributed by atoms with E-state index in [9.17, 15) is 9.59 Å². The van der Waals surface area contributed by atoms with Crippen molar-refractivity contribution in [3.63, 3.8) is 0 Å². The molecule has 1 saturated heterocycles. The average molecular weight is 504 g/mol. The zero-order valence-corrected chi connectivity index (χ0v) is 21.1. The molecule has 2 fully saturated rings. The van der Waals surface area contributed by atoms with E-state index in [1.807, 2.05) is 46.2 Å². The normalized spacial score (nSPS) is 19.3. The van der Waals surface area contributed by atoms with Gasteiger partial charge < -0.3 is 26.0 Å². The summed E-state index contributed by atoms with van der Waals surface area (Å²) in [7, 11) is 1.36. The van der Waals surface area contributed by atoms with Gasteiger partial charge in [0.2, 0.25) is 11.9 Å². The zero-order valence-electron chi connectivity index (χ0n) is 21.1. The molecule has 10 nitrogen and oxygen atoms in total. The molecule has 37 heavy (non-hydrogen) atoms. The Morgan fingerprint density at radius 1 is 0.892 bits per heavy atom. The zero-order chi connectivity index (χ0) is 26.0. The maximum atomic E-state index is 13.0. The lowest BCUT2D eigenvalue weighted by Crippen LogP contribution is -2.59. The number of carbonyl (C=O) groups is 2. The number of hydrogen-bond acceptors (Lipinski definition) is 9. The quantitative estimate of drug-likeness (QED) is 0.613. The molecular formula is C27H33N7O3.